The Bertz CT molecular complexity index is 893. The Morgan fingerprint density at radius 1 is 0.929 bits per heavy atom. The zero-order valence-electron chi connectivity index (χ0n) is 14.7. The molecule has 0 spiro atoms. The van der Waals surface area contributed by atoms with E-state index in [2.05, 4.69) is 0 Å². The highest BCUT2D eigenvalue weighted by Gasteiger charge is 2.27. The van der Waals surface area contributed by atoms with Crippen LogP contribution in [0.15, 0.2) is 30.3 Å². The van der Waals surface area contributed by atoms with Gasteiger partial charge in [0, 0.05) is 31.7 Å². The molecule has 2 amide bonds. The summed E-state index contributed by atoms with van der Waals surface area (Å²) in [6, 6.07) is 6.14. The molecule has 1 aliphatic rings. The number of amides is 2. The first-order chi connectivity index (χ1) is 13.3. The predicted molar refractivity (Wildman–Crippen MR) is 99.3 cm³/mol. The third kappa shape index (κ3) is 3.82. The number of halogens is 2. The Kier molecular flexibility index (Phi) is 5.60. The van der Waals surface area contributed by atoms with Crippen molar-refractivity contribution in [3.8, 4) is 17.2 Å². The molecule has 1 fully saturated rings. The van der Waals surface area contributed by atoms with Crippen molar-refractivity contribution in [2.24, 2.45) is 0 Å². The smallest absolute Gasteiger partial charge is 0.258 e. The van der Waals surface area contributed by atoms with Crippen LogP contribution in [0.4, 0.5) is 4.39 Å². The summed E-state index contributed by atoms with van der Waals surface area (Å²) >= 11 is 5.97. The van der Waals surface area contributed by atoms with Crippen LogP contribution in [0.1, 0.15) is 27.1 Å². The molecule has 7 nitrogen and oxygen atoms in total. The molecule has 0 atom stereocenters. The molecule has 1 saturated heterocycles. The zero-order valence-corrected chi connectivity index (χ0v) is 15.5. The van der Waals surface area contributed by atoms with Crippen LogP contribution in [0.2, 0.25) is 5.02 Å². The average molecular weight is 409 g/mol. The number of benzene rings is 2. The van der Waals surface area contributed by atoms with Crippen molar-refractivity contribution in [2.45, 2.75) is 6.42 Å². The SMILES string of the molecule is O=C(c1cc(O)c(O)c(O)c1)N1CCCN(C(=O)c2c(F)cccc2Cl)CC1. The standard InChI is InChI=1S/C19H18ClFN2O5/c20-12-3-1-4-13(21)16(12)19(28)23-6-2-5-22(7-8-23)18(27)11-9-14(24)17(26)15(25)10-11/h1,3-4,9-10,24-26H,2,5-8H2. The second kappa shape index (κ2) is 7.93. The second-order valence-corrected chi connectivity index (χ2v) is 6.80. The monoisotopic (exact) mass is 408 g/mol. The van der Waals surface area contributed by atoms with Gasteiger partial charge in [-0.15, -0.1) is 0 Å². The van der Waals surface area contributed by atoms with E-state index in [0.717, 1.165) is 18.2 Å². The van der Waals surface area contributed by atoms with Gasteiger partial charge in [-0.05, 0) is 30.7 Å². The summed E-state index contributed by atoms with van der Waals surface area (Å²) in [5.41, 5.74) is -0.193. The van der Waals surface area contributed by atoms with Crippen LogP contribution >= 0.6 is 11.6 Å². The van der Waals surface area contributed by atoms with E-state index in [0.29, 0.717) is 19.5 Å². The zero-order chi connectivity index (χ0) is 20.4. The number of hydrogen-bond donors (Lipinski definition) is 3. The number of nitrogens with zero attached hydrogens (tertiary/aromatic N) is 2. The second-order valence-electron chi connectivity index (χ2n) is 6.40. The van der Waals surface area contributed by atoms with E-state index in [1.807, 2.05) is 0 Å². The summed E-state index contributed by atoms with van der Waals surface area (Å²) in [6.45, 7) is 1.000. The molecule has 0 bridgehead atoms. The van der Waals surface area contributed by atoms with Gasteiger partial charge >= 0.3 is 0 Å². The van der Waals surface area contributed by atoms with Crippen molar-refractivity contribution in [2.75, 3.05) is 26.2 Å². The maximum atomic E-state index is 14.0. The fourth-order valence-corrected chi connectivity index (χ4v) is 3.34. The molecular formula is C19H18ClFN2O5. The minimum atomic E-state index is -0.704. The number of hydrogen-bond acceptors (Lipinski definition) is 5. The van der Waals surface area contributed by atoms with Crippen molar-refractivity contribution in [1.29, 1.82) is 0 Å². The predicted octanol–water partition coefficient (Wildman–Crippen LogP) is 2.58. The lowest BCUT2D eigenvalue weighted by Crippen LogP contribution is -2.37. The summed E-state index contributed by atoms with van der Waals surface area (Å²) in [4.78, 5) is 28.2. The van der Waals surface area contributed by atoms with Crippen LogP contribution in [-0.4, -0.2) is 63.1 Å². The van der Waals surface area contributed by atoms with Gasteiger partial charge in [-0.1, -0.05) is 17.7 Å². The van der Waals surface area contributed by atoms with Gasteiger partial charge in [-0.25, -0.2) is 4.39 Å². The van der Waals surface area contributed by atoms with E-state index in [-0.39, 0.29) is 29.2 Å². The quantitative estimate of drug-likeness (QED) is 0.663. The van der Waals surface area contributed by atoms with E-state index >= 15 is 0 Å². The third-order valence-corrected chi connectivity index (χ3v) is 4.88. The van der Waals surface area contributed by atoms with Gasteiger partial charge in [0.2, 0.25) is 0 Å². The number of aromatic hydroxyl groups is 3. The Balaban J connectivity index is 1.75. The normalized spacial score (nSPS) is 14.6. The lowest BCUT2D eigenvalue weighted by atomic mass is 10.1. The molecule has 3 rings (SSSR count). The molecule has 0 aromatic heterocycles. The van der Waals surface area contributed by atoms with E-state index in [1.165, 1.54) is 21.9 Å². The van der Waals surface area contributed by atoms with Crippen molar-refractivity contribution in [3.63, 3.8) is 0 Å². The molecule has 0 aliphatic carbocycles. The number of carbonyl (C=O) groups excluding carboxylic acids is 2. The van der Waals surface area contributed by atoms with Crippen molar-refractivity contribution in [1.82, 2.24) is 9.80 Å². The van der Waals surface area contributed by atoms with Crippen molar-refractivity contribution < 1.29 is 29.3 Å². The average Bonchev–Trinajstić information content (AvgIpc) is 2.91. The number of carbonyl (C=O) groups is 2. The third-order valence-electron chi connectivity index (χ3n) is 4.56. The van der Waals surface area contributed by atoms with Gasteiger partial charge in [0.25, 0.3) is 11.8 Å². The number of rotatable bonds is 2. The summed E-state index contributed by atoms with van der Waals surface area (Å²) in [5, 5.41) is 28.6. The van der Waals surface area contributed by atoms with Crippen molar-refractivity contribution in [3.05, 3.63) is 52.3 Å². The van der Waals surface area contributed by atoms with Crippen LogP contribution in [-0.2, 0) is 0 Å². The molecule has 1 heterocycles. The van der Waals surface area contributed by atoms with Gasteiger partial charge in [0.05, 0.1) is 10.6 Å². The number of phenolic OH excluding ortho intramolecular Hbond substituents is 3. The molecule has 0 radical (unpaired) electrons. The largest absolute Gasteiger partial charge is 0.504 e. The lowest BCUT2D eigenvalue weighted by molar-refractivity contribution is 0.0716. The summed E-state index contributed by atoms with van der Waals surface area (Å²) < 4.78 is 14.0. The van der Waals surface area contributed by atoms with E-state index in [1.54, 1.807) is 0 Å². The Morgan fingerprint density at radius 2 is 1.50 bits per heavy atom. The van der Waals surface area contributed by atoms with Crippen molar-refractivity contribution >= 4 is 23.4 Å². The van der Waals surface area contributed by atoms with Gasteiger partial charge in [0.1, 0.15) is 5.82 Å². The van der Waals surface area contributed by atoms with Gasteiger partial charge in [0.15, 0.2) is 17.2 Å². The van der Waals surface area contributed by atoms with Crippen LogP contribution in [0, 0.1) is 5.82 Å². The minimum absolute atomic E-state index is 0.00437. The molecule has 0 unspecified atom stereocenters. The van der Waals surface area contributed by atoms with Crippen LogP contribution < -0.4 is 0 Å². The van der Waals surface area contributed by atoms with Gasteiger partial charge < -0.3 is 25.1 Å². The first-order valence-electron chi connectivity index (χ1n) is 8.57. The molecule has 3 N–H and O–H groups in total. The summed E-state index contributed by atoms with van der Waals surface area (Å²) in [6.07, 6.45) is 0.458. The maximum absolute atomic E-state index is 14.0. The molecule has 28 heavy (non-hydrogen) atoms. The fourth-order valence-electron chi connectivity index (χ4n) is 3.09. The molecule has 148 valence electrons. The van der Waals surface area contributed by atoms with Gasteiger partial charge in [-0.3, -0.25) is 9.59 Å². The van der Waals surface area contributed by atoms with Crippen LogP contribution in [0.3, 0.4) is 0 Å². The van der Waals surface area contributed by atoms with E-state index in [4.69, 9.17) is 11.6 Å². The summed E-state index contributed by atoms with van der Waals surface area (Å²) in [5.74, 6) is -3.63. The topological polar surface area (TPSA) is 101 Å². The first kappa shape index (κ1) is 19.8. The molecule has 9 heteroatoms. The van der Waals surface area contributed by atoms with Crippen LogP contribution in [0.25, 0.3) is 0 Å². The highest BCUT2D eigenvalue weighted by molar-refractivity contribution is 6.33. The fraction of sp³-hybridized carbons (Fsp3) is 0.263. The molecule has 2 aromatic carbocycles. The Morgan fingerprint density at radius 3 is 2.07 bits per heavy atom. The van der Waals surface area contributed by atoms with E-state index in [9.17, 15) is 29.3 Å². The maximum Gasteiger partial charge on any atom is 0.258 e. The molecule has 0 saturated carbocycles. The highest BCUT2D eigenvalue weighted by Crippen LogP contribution is 2.35. The number of phenols is 3. The first-order valence-corrected chi connectivity index (χ1v) is 8.95. The van der Waals surface area contributed by atoms with Crippen LogP contribution in [0.5, 0.6) is 17.2 Å². The molecule has 2 aromatic rings. The summed E-state index contributed by atoms with van der Waals surface area (Å²) in [7, 11) is 0. The molecular weight excluding hydrogens is 391 g/mol. The van der Waals surface area contributed by atoms with E-state index < -0.39 is 34.9 Å². The minimum Gasteiger partial charge on any atom is -0.504 e. The van der Waals surface area contributed by atoms with Gasteiger partial charge in [-0.2, -0.15) is 0 Å². The molecule has 1 aliphatic heterocycles. The highest BCUT2D eigenvalue weighted by atomic mass is 35.5. The Labute approximate surface area is 165 Å². The Hall–Kier alpha value is -3.00. The lowest BCUT2D eigenvalue weighted by Gasteiger charge is -2.23.